The highest BCUT2D eigenvalue weighted by Gasteiger charge is 2.25. The summed E-state index contributed by atoms with van der Waals surface area (Å²) in [5.41, 5.74) is -0.0648. The molecule has 0 saturated heterocycles. The first-order valence-corrected chi connectivity index (χ1v) is 6.35. The van der Waals surface area contributed by atoms with Crippen molar-refractivity contribution in [3.63, 3.8) is 0 Å². The van der Waals surface area contributed by atoms with Crippen LogP contribution in [0.2, 0.25) is 0 Å². The highest BCUT2D eigenvalue weighted by Crippen LogP contribution is 2.24. The van der Waals surface area contributed by atoms with Gasteiger partial charge < -0.3 is 4.90 Å². The van der Waals surface area contributed by atoms with Crippen molar-refractivity contribution in [2.45, 2.75) is 6.92 Å². The van der Waals surface area contributed by atoms with Gasteiger partial charge in [-0.2, -0.15) is 0 Å². The summed E-state index contributed by atoms with van der Waals surface area (Å²) in [6.45, 7) is 2.06. The van der Waals surface area contributed by atoms with Crippen molar-refractivity contribution in [2.24, 2.45) is 0 Å². The van der Waals surface area contributed by atoms with E-state index in [9.17, 15) is 19.3 Å². The van der Waals surface area contributed by atoms with Crippen LogP contribution in [0.5, 0.6) is 0 Å². The Labute approximate surface area is 120 Å². The molecule has 0 atom stereocenters. The van der Waals surface area contributed by atoms with E-state index in [0.717, 1.165) is 18.2 Å². The lowest BCUT2D eigenvalue weighted by Gasteiger charge is -2.21. The predicted octanol–water partition coefficient (Wildman–Crippen LogP) is 3.40. The molecule has 2 aromatic rings. The van der Waals surface area contributed by atoms with Crippen LogP contribution in [0.3, 0.4) is 0 Å². The number of nitro groups is 1. The monoisotopic (exact) mass is 288 g/mol. The number of nitro benzene ring substituents is 1. The minimum absolute atomic E-state index is 0.259. The molecule has 6 heteroatoms. The van der Waals surface area contributed by atoms with Crippen LogP contribution >= 0.6 is 0 Å². The van der Waals surface area contributed by atoms with Crippen LogP contribution in [0.15, 0.2) is 48.5 Å². The zero-order valence-corrected chi connectivity index (χ0v) is 11.3. The largest absolute Gasteiger partial charge is 0.308 e. The van der Waals surface area contributed by atoms with Gasteiger partial charge in [0.05, 0.1) is 4.92 Å². The van der Waals surface area contributed by atoms with Gasteiger partial charge in [0.25, 0.3) is 11.6 Å². The second-order valence-electron chi connectivity index (χ2n) is 4.30. The van der Waals surface area contributed by atoms with E-state index in [0.29, 0.717) is 12.2 Å². The quantitative estimate of drug-likeness (QED) is 0.639. The molecule has 21 heavy (non-hydrogen) atoms. The number of rotatable bonds is 4. The first-order valence-electron chi connectivity index (χ1n) is 6.35. The Morgan fingerprint density at radius 3 is 2.48 bits per heavy atom. The molecule has 0 N–H and O–H groups in total. The summed E-state index contributed by atoms with van der Waals surface area (Å²) < 4.78 is 13.3. The Kier molecular flexibility index (Phi) is 4.27. The van der Waals surface area contributed by atoms with Crippen LogP contribution in [0.4, 0.5) is 15.8 Å². The number of halogens is 1. The number of carbonyl (C=O) groups excluding carboxylic acids is 1. The third-order valence-electron chi connectivity index (χ3n) is 3.01. The van der Waals surface area contributed by atoms with Gasteiger partial charge in [-0.05, 0) is 31.2 Å². The zero-order chi connectivity index (χ0) is 15.4. The minimum Gasteiger partial charge on any atom is -0.308 e. The second kappa shape index (κ2) is 6.13. The SMILES string of the molecule is CCN(C(=O)c1cc(F)ccc1[N+](=O)[O-])c1ccccc1. The zero-order valence-electron chi connectivity index (χ0n) is 11.3. The predicted molar refractivity (Wildman–Crippen MR) is 76.8 cm³/mol. The Morgan fingerprint density at radius 2 is 1.90 bits per heavy atom. The standard InChI is InChI=1S/C15H13FN2O3/c1-2-17(12-6-4-3-5-7-12)15(19)13-10-11(16)8-9-14(13)18(20)21/h3-10H,2H2,1H3. The molecule has 2 rings (SSSR count). The van der Waals surface area contributed by atoms with E-state index in [1.54, 1.807) is 37.3 Å². The third-order valence-corrected chi connectivity index (χ3v) is 3.01. The highest BCUT2D eigenvalue weighted by atomic mass is 19.1. The average molecular weight is 288 g/mol. The molecule has 0 radical (unpaired) electrons. The molecule has 0 aromatic heterocycles. The summed E-state index contributed by atoms with van der Waals surface area (Å²) in [6.07, 6.45) is 0. The van der Waals surface area contributed by atoms with Gasteiger partial charge in [-0.3, -0.25) is 14.9 Å². The van der Waals surface area contributed by atoms with Gasteiger partial charge in [-0.15, -0.1) is 0 Å². The lowest BCUT2D eigenvalue weighted by atomic mass is 10.1. The first-order chi connectivity index (χ1) is 10.0. The van der Waals surface area contributed by atoms with Gasteiger partial charge in [0.2, 0.25) is 0 Å². The summed E-state index contributed by atoms with van der Waals surface area (Å²) in [5, 5.41) is 11.0. The smallest absolute Gasteiger partial charge is 0.282 e. The molecule has 0 heterocycles. The van der Waals surface area contributed by atoms with E-state index >= 15 is 0 Å². The molecule has 1 amide bonds. The number of amides is 1. The molecule has 0 bridgehead atoms. The summed E-state index contributed by atoms with van der Waals surface area (Å²) in [7, 11) is 0. The first kappa shape index (κ1) is 14.6. The van der Waals surface area contributed by atoms with Gasteiger partial charge >= 0.3 is 0 Å². The Morgan fingerprint density at radius 1 is 1.24 bits per heavy atom. The third kappa shape index (κ3) is 3.05. The molecule has 0 aliphatic carbocycles. The maximum absolute atomic E-state index is 13.3. The summed E-state index contributed by atoms with van der Waals surface area (Å²) in [6, 6.07) is 11.6. The van der Waals surface area contributed by atoms with E-state index in [1.807, 2.05) is 0 Å². The van der Waals surface area contributed by atoms with Crippen molar-refractivity contribution in [3.8, 4) is 0 Å². The van der Waals surface area contributed by atoms with Gasteiger partial charge in [0.15, 0.2) is 0 Å². The molecule has 5 nitrogen and oxygen atoms in total. The fraction of sp³-hybridized carbons (Fsp3) is 0.133. The van der Waals surface area contributed by atoms with E-state index in [2.05, 4.69) is 0 Å². The molecular formula is C15H13FN2O3. The molecule has 108 valence electrons. The van der Waals surface area contributed by atoms with Crippen LogP contribution in [-0.2, 0) is 0 Å². The number of nitrogens with zero attached hydrogens (tertiary/aromatic N) is 2. The van der Waals surface area contributed by atoms with Crippen LogP contribution in [0.25, 0.3) is 0 Å². The van der Waals surface area contributed by atoms with Crippen molar-refractivity contribution in [1.29, 1.82) is 0 Å². The summed E-state index contributed by atoms with van der Waals surface area (Å²) in [5.74, 6) is -1.29. The van der Waals surface area contributed by atoms with Crippen LogP contribution < -0.4 is 4.90 Å². The lowest BCUT2D eigenvalue weighted by Crippen LogP contribution is -2.31. The van der Waals surface area contributed by atoms with Gasteiger partial charge in [-0.1, -0.05) is 18.2 Å². The maximum atomic E-state index is 13.3. The number of anilines is 1. The Hall–Kier alpha value is -2.76. The molecule has 0 saturated carbocycles. The maximum Gasteiger partial charge on any atom is 0.282 e. The fourth-order valence-corrected chi connectivity index (χ4v) is 2.04. The van der Waals surface area contributed by atoms with Gasteiger partial charge in [-0.25, -0.2) is 4.39 Å². The normalized spacial score (nSPS) is 10.2. The molecule has 0 spiro atoms. The molecule has 0 unspecified atom stereocenters. The van der Waals surface area contributed by atoms with Gasteiger partial charge in [0, 0.05) is 18.3 Å². The molecular weight excluding hydrogens is 275 g/mol. The fourth-order valence-electron chi connectivity index (χ4n) is 2.04. The molecule has 0 aliphatic rings. The number of hydrogen-bond donors (Lipinski definition) is 0. The van der Waals surface area contributed by atoms with Crippen LogP contribution in [0, 0.1) is 15.9 Å². The number of para-hydroxylation sites is 1. The van der Waals surface area contributed by atoms with E-state index < -0.39 is 22.3 Å². The van der Waals surface area contributed by atoms with Crippen molar-refractivity contribution in [3.05, 3.63) is 70.0 Å². The Balaban J connectivity index is 2.48. The number of benzene rings is 2. The summed E-state index contributed by atoms with van der Waals surface area (Å²) in [4.78, 5) is 24.2. The van der Waals surface area contributed by atoms with Crippen molar-refractivity contribution < 1.29 is 14.1 Å². The molecule has 0 fully saturated rings. The molecule has 0 aliphatic heterocycles. The van der Waals surface area contributed by atoms with E-state index in [-0.39, 0.29) is 5.56 Å². The van der Waals surface area contributed by atoms with E-state index in [4.69, 9.17) is 0 Å². The molecule has 2 aromatic carbocycles. The minimum atomic E-state index is -0.689. The number of carbonyl (C=O) groups is 1. The highest BCUT2D eigenvalue weighted by molar-refractivity contribution is 6.08. The van der Waals surface area contributed by atoms with Crippen molar-refractivity contribution in [2.75, 3.05) is 11.4 Å². The Bertz CT molecular complexity index is 674. The topological polar surface area (TPSA) is 63.5 Å². The second-order valence-corrected chi connectivity index (χ2v) is 4.30. The number of hydrogen-bond acceptors (Lipinski definition) is 3. The van der Waals surface area contributed by atoms with Gasteiger partial charge in [0.1, 0.15) is 11.4 Å². The van der Waals surface area contributed by atoms with Crippen molar-refractivity contribution >= 4 is 17.3 Å². The average Bonchev–Trinajstić information content (AvgIpc) is 2.48. The lowest BCUT2D eigenvalue weighted by molar-refractivity contribution is -0.385. The van der Waals surface area contributed by atoms with E-state index in [1.165, 1.54) is 4.90 Å². The van der Waals surface area contributed by atoms with Crippen LogP contribution in [0.1, 0.15) is 17.3 Å². The van der Waals surface area contributed by atoms with Crippen molar-refractivity contribution in [1.82, 2.24) is 0 Å². The van der Waals surface area contributed by atoms with Crippen LogP contribution in [-0.4, -0.2) is 17.4 Å². The summed E-state index contributed by atoms with van der Waals surface area (Å²) >= 11 is 0.